The van der Waals surface area contributed by atoms with Crippen LogP contribution in [0.3, 0.4) is 0 Å². The number of rotatable bonds is 3. The van der Waals surface area contributed by atoms with Gasteiger partial charge in [0.25, 0.3) is 5.91 Å². The van der Waals surface area contributed by atoms with Crippen LogP contribution < -0.4 is 0 Å². The van der Waals surface area contributed by atoms with E-state index in [1.807, 2.05) is 18.3 Å². The van der Waals surface area contributed by atoms with Gasteiger partial charge < -0.3 is 10.0 Å². The molecule has 2 aromatic carbocycles. The zero-order valence-corrected chi connectivity index (χ0v) is 18.7. The highest BCUT2D eigenvalue weighted by Gasteiger charge is 2.54. The first-order valence-corrected chi connectivity index (χ1v) is 10.2. The Bertz CT molecular complexity index is 1140. The second-order valence-electron chi connectivity index (χ2n) is 7.57. The van der Waals surface area contributed by atoms with Gasteiger partial charge in [0, 0.05) is 44.0 Å². The number of carbonyl (C=O) groups excluding carboxylic acids is 1. The predicted molar refractivity (Wildman–Crippen MR) is 118 cm³/mol. The monoisotopic (exact) mass is 429 g/mol. The molecular weight excluding hydrogens is 407 g/mol. The number of halogens is 1. The summed E-state index contributed by atoms with van der Waals surface area (Å²) in [6.07, 6.45) is 3.53. The van der Waals surface area contributed by atoms with Crippen LogP contribution in [-0.4, -0.2) is 44.9 Å². The minimum atomic E-state index is -2.14. The molecule has 4 rings (SSSR count). The van der Waals surface area contributed by atoms with Crippen LogP contribution in [0.4, 0.5) is 4.39 Å². The second-order valence-corrected chi connectivity index (χ2v) is 9.92. The van der Waals surface area contributed by atoms with Crippen molar-refractivity contribution in [3.8, 4) is 22.3 Å². The number of aromatic nitrogens is 2. The van der Waals surface area contributed by atoms with Crippen molar-refractivity contribution in [2.45, 2.75) is 10.8 Å². The van der Waals surface area contributed by atoms with Crippen LogP contribution in [0.2, 0.25) is 0 Å². The smallest absolute Gasteiger partial charge is 0.253 e. The molecule has 1 N–H and O–H groups in total. The maximum absolute atomic E-state index is 15.4. The summed E-state index contributed by atoms with van der Waals surface area (Å²) >= 11 is 0. The minimum absolute atomic E-state index is 0.229. The van der Waals surface area contributed by atoms with Crippen molar-refractivity contribution in [3.63, 3.8) is 0 Å². The molecule has 0 saturated heterocycles. The Labute approximate surface area is 173 Å². The summed E-state index contributed by atoms with van der Waals surface area (Å²) in [6, 6.07) is 10.6. The third-order valence-corrected chi connectivity index (χ3v) is 6.17. The Morgan fingerprint density at radius 2 is 1.90 bits per heavy atom. The summed E-state index contributed by atoms with van der Waals surface area (Å²) in [5, 5.41) is 13.8. The summed E-state index contributed by atoms with van der Waals surface area (Å²) in [5.74, 6) is -0.229. The van der Waals surface area contributed by atoms with E-state index in [9.17, 15) is 9.90 Å². The molecule has 1 aromatic heterocycles. The molecule has 150 valence electrons. The van der Waals surface area contributed by atoms with Gasteiger partial charge in [-0.3, -0.25) is 9.48 Å². The molecule has 8 heteroatoms. The van der Waals surface area contributed by atoms with Gasteiger partial charge in [-0.1, -0.05) is 42.7 Å². The number of aryl methyl sites for hydroxylation is 1. The lowest BCUT2D eigenvalue weighted by molar-refractivity contribution is 0.0228. The van der Waals surface area contributed by atoms with Crippen LogP contribution in [0.25, 0.3) is 22.3 Å². The first kappa shape index (κ1) is 20.2. The van der Waals surface area contributed by atoms with Crippen LogP contribution in [0, 0.1) is 0 Å². The van der Waals surface area contributed by atoms with E-state index in [1.165, 1.54) is 4.90 Å². The molecule has 0 saturated carbocycles. The molecule has 3 atom stereocenters. The molecule has 0 bridgehead atoms. The van der Waals surface area contributed by atoms with E-state index in [0.717, 1.165) is 16.7 Å². The lowest BCUT2D eigenvalue weighted by atomic mass is 9.88. The zero-order chi connectivity index (χ0) is 21.1. The van der Waals surface area contributed by atoms with Crippen LogP contribution in [0.5, 0.6) is 0 Å². The van der Waals surface area contributed by atoms with Gasteiger partial charge in [-0.05, 0) is 34.4 Å². The molecule has 5 nitrogen and oxygen atoms in total. The Hall–Kier alpha value is -2.13. The van der Waals surface area contributed by atoms with Gasteiger partial charge in [0.15, 0.2) is 10.8 Å². The quantitative estimate of drug-likeness (QED) is 0.650. The van der Waals surface area contributed by atoms with Crippen LogP contribution in [0.1, 0.15) is 21.5 Å². The normalized spacial score (nSPS) is 17.8. The number of carbonyl (C=O) groups is 1. The van der Waals surface area contributed by atoms with E-state index in [2.05, 4.69) is 23.6 Å². The van der Waals surface area contributed by atoms with Gasteiger partial charge in [0.05, 0.1) is 6.20 Å². The van der Waals surface area contributed by atoms with Crippen LogP contribution >= 0.6 is 18.5 Å². The Morgan fingerprint density at radius 1 is 1.21 bits per heavy atom. The Kier molecular flexibility index (Phi) is 4.66. The lowest BCUT2D eigenvalue weighted by Crippen LogP contribution is -2.39. The predicted octanol–water partition coefficient (Wildman–Crippen LogP) is 3.38. The molecule has 3 unspecified atom stereocenters. The van der Waals surface area contributed by atoms with Gasteiger partial charge in [-0.15, -0.1) is 0 Å². The fraction of sp³-hybridized carbons (Fsp3) is 0.238. The average molecular weight is 429 g/mol. The molecule has 0 radical (unpaired) electrons. The molecule has 0 aliphatic heterocycles. The number of fused-ring (bicyclic) bond motifs is 3. The molecule has 0 spiro atoms. The average Bonchev–Trinajstić information content (AvgIpc) is 3.21. The van der Waals surface area contributed by atoms with Crippen LogP contribution in [-0.2, 0) is 12.6 Å². The highest BCUT2D eigenvalue weighted by Crippen LogP contribution is 2.60. The molecule has 0 fully saturated rings. The van der Waals surface area contributed by atoms with Gasteiger partial charge in [-0.2, -0.15) is 5.10 Å². The summed E-state index contributed by atoms with van der Waals surface area (Å²) in [7, 11) is 9.27. The van der Waals surface area contributed by atoms with Crippen molar-refractivity contribution >= 4 is 24.4 Å². The number of benzene rings is 2. The maximum atomic E-state index is 15.4. The van der Waals surface area contributed by atoms with Crippen molar-refractivity contribution in [3.05, 3.63) is 65.5 Å². The first-order valence-electron chi connectivity index (χ1n) is 9.04. The van der Waals surface area contributed by atoms with Crippen LogP contribution in [0.15, 0.2) is 48.8 Å². The Balaban J connectivity index is 2.14. The standard InChI is InChI=1S/C21H22FN3O2P2/c1-24(2)19(26)12-8-15(13-10-23-25(3)11-13)18-14-6-4-5-7-16(14)20(27,17(18)9-12)21(22,28)29/h4-11,27H,28-29H2,1-3H3. The molecule has 29 heavy (non-hydrogen) atoms. The van der Waals surface area contributed by atoms with Gasteiger partial charge in [-0.25, -0.2) is 4.39 Å². The van der Waals surface area contributed by atoms with E-state index in [4.69, 9.17) is 0 Å². The topological polar surface area (TPSA) is 58.4 Å². The molecule has 3 aromatic rings. The molecule has 1 heterocycles. The minimum Gasteiger partial charge on any atom is -0.376 e. The fourth-order valence-electron chi connectivity index (χ4n) is 3.96. The van der Waals surface area contributed by atoms with Gasteiger partial charge in [0.1, 0.15) is 0 Å². The van der Waals surface area contributed by atoms with Crippen molar-refractivity contribution in [1.82, 2.24) is 14.7 Å². The van der Waals surface area contributed by atoms with E-state index in [1.54, 1.807) is 56.3 Å². The maximum Gasteiger partial charge on any atom is 0.253 e. The molecule has 1 aliphatic rings. The number of amides is 1. The number of aliphatic hydroxyl groups is 1. The van der Waals surface area contributed by atoms with E-state index in [-0.39, 0.29) is 5.91 Å². The van der Waals surface area contributed by atoms with Gasteiger partial charge in [0.2, 0.25) is 0 Å². The second kappa shape index (κ2) is 6.70. The third kappa shape index (κ3) is 2.93. The van der Waals surface area contributed by atoms with Crippen molar-refractivity contribution in [2.75, 3.05) is 14.1 Å². The highest BCUT2D eigenvalue weighted by molar-refractivity contribution is 7.39. The van der Waals surface area contributed by atoms with Crippen molar-refractivity contribution < 1.29 is 14.3 Å². The van der Waals surface area contributed by atoms with E-state index >= 15 is 4.39 Å². The summed E-state index contributed by atoms with van der Waals surface area (Å²) in [6.45, 7) is 0. The SMILES string of the molecule is CN(C)C(=O)c1cc(-c2cnn(C)c2)c2c(c1)C(O)(C(F)(P)P)c1ccccc1-2. The van der Waals surface area contributed by atoms with E-state index < -0.39 is 10.8 Å². The molecular formula is C21H22FN3O2P2. The summed E-state index contributed by atoms with van der Waals surface area (Å²) in [5.41, 5.74) is 2.20. The van der Waals surface area contributed by atoms with E-state index in [0.29, 0.717) is 22.3 Å². The third-order valence-electron chi connectivity index (χ3n) is 5.34. The highest BCUT2D eigenvalue weighted by atomic mass is 31.1. The number of alkyl halides is 1. The van der Waals surface area contributed by atoms with Crippen molar-refractivity contribution in [2.24, 2.45) is 7.05 Å². The first-order chi connectivity index (χ1) is 13.6. The Morgan fingerprint density at radius 3 is 2.48 bits per heavy atom. The number of hydrogen-bond acceptors (Lipinski definition) is 3. The summed E-state index contributed by atoms with van der Waals surface area (Å²) in [4.78, 5) is 14.2. The van der Waals surface area contributed by atoms with Gasteiger partial charge >= 0.3 is 0 Å². The number of hydrogen-bond donors (Lipinski definition) is 1. The lowest BCUT2D eigenvalue weighted by Gasteiger charge is -2.35. The zero-order valence-electron chi connectivity index (χ0n) is 16.3. The fourth-order valence-corrected chi connectivity index (χ4v) is 4.58. The molecule has 1 aliphatic carbocycles. The summed E-state index contributed by atoms with van der Waals surface area (Å²) < 4.78 is 17.1. The largest absolute Gasteiger partial charge is 0.376 e. The van der Waals surface area contributed by atoms with Crippen molar-refractivity contribution in [1.29, 1.82) is 0 Å². The number of nitrogens with zero attached hydrogens (tertiary/aromatic N) is 3. The molecule has 1 amide bonds.